The lowest BCUT2D eigenvalue weighted by Gasteiger charge is -2.00. The third-order valence-electron chi connectivity index (χ3n) is 1.57. The summed E-state index contributed by atoms with van der Waals surface area (Å²) in [7, 11) is 0. The number of rotatable bonds is 3. The van der Waals surface area contributed by atoms with Crippen molar-refractivity contribution in [2.75, 3.05) is 6.54 Å². The average Bonchev–Trinajstić information content (AvgIpc) is 2.11. The maximum atomic E-state index is 13.0. The lowest BCUT2D eigenvalue weighted by Crippen LogP contribution is -1.93. The maximum Gasteiger partial charge on any atom is 0.234 e. The fourth-order valence-corrected chi connectivity index (χ4v) is 1.15. The van der Waals surface area contributed by atoms with Crippen LogP contribution in [0.25, 0.3) is 0 Å². The van der Waals surface area contributed by atoms with Crippen molar-refractivity contribution < 1.29 is 9.18 Å². The maximum absolute atomic E-state index is 13.0. The second-order valence-corrected chi connectivity index (χ2v) is 2.90. The molecule has 1 aromatic carbocycles. The highest BCUT2D eigenvalue weighted by Crippen LogP contribution is 2.15. The molecular formula is C9H7ClFNO. The molecule has 0 aliphatic heterocycles. The molecule has 68 valence electrons. The molecule has 0 radical (unpaired) electrons. The van der Waals surface area contributed by atoms with Gasteiger partial charge in [-0.25, -0.2) is 14.2 Å². The van der Waals surface area contributed by atoms with E-state index in [1.807, 2.05) is 0 Å². The van der Waals surface area contributed by atoms with E-state index in [1.54, 1.807) is 0 Å². The number of halogens is 2. The van der Waals surface area contributed by atoms with E-state index in [9.17, 15) is 9.18 Å². The average molecular weight is 200 g/mol. The molecule has 0 atom stereocenters. The highest BCUT2D eigenvalue weighted by Gasteiger charge is 2.01. The second-order valence-electron chi connectivity index (χ2n) is 2.46. The minimum Gasteiger partial charge on any atom is -0.211 e. The fourth-order valence-electron chi connectivity index (χ4n) is 0.957. The van der Waals surface area contributed by atoms with E-state index < -0.39 is 0 Å². The van der Waals surface area contributed by atoms with Crippen molar-refractivity contribution in [1.82, 2.24) is 0 Å². The molecule has 4 heteroatoms. The Morgan fingerprint density at radius 2 is 2.31 bits per heavy atom. The summed E-state index contributed by atoms with van der Waals surface area (Å²) in [5, 5.41) is 0.478. The van der Waals surface area contributed by atoms with E-state index in [0.29, 0.717) is 17.0 Å². The van der Waals surface area contributed by atoms with Crippen molar-refractivity contribution in [3.63, 3.8) is 0 Å². The molecule has 0 aromatic heterocycles. The van der Waals surface area contributed by atoms with E-state index in [1.165, 1.54) is 24.3 Å². The molecular weight excluding hydrogens is 193 g/mol. The molecule has 0 fully saturated rings. The van der Waals surface area contributed by atoms with E-state index in [2.05, 4.69) is 4.99 Å². The SMILES string of the molecule is O=C=NCCc1cc(Cl)ccc1F. The largest absolute Gasteiger partial charge is 0.234 e. The molecule has 1 rings (SSSR count). The second kappa shape index (κ2) is 4.75. The third-order valence-corrected chi connectivity index (χ3v) is 1.80. The van der Waals surface area contributed by atoms with Crippen molar-refractivity contribution in [2.45, 2.75) is 6.42 Å². The summed E-state index contributed by atoms with van der Waals surface area (Å²) in [5.74, 6) is -0.328. The van der Waals surface area contributed by atoms with Crippen LogP contribution in [0.3, 0.4) is 0 Å². The van der Waals surface area contributed by atoms with Crippen molar-refractivity contribution in [3.05, 3.63) is 34.6 Å². The van der Waals surface area contributed by atoms with E-state index in [4.69, 9.17) is 11.6 Å². The van der Waals surface area contributed by atoms with Gasteiger partial charge in [0.25, 0.3) is 0 Å². The summed E-state index contributed by atoms with van der Waals surface area (Å²) < 4.78 is 13.0. The van der Waals surface area contributed by atoms with Crippen LogP contribution in [-0.2, 0) is 11.2 Å². The van der Waals surface area contributed by atoms with E-state index in [0.717, 1.165) is 0 Å². The van der Waals surface area contributed by atoms with Gasteiger partial charge in [0.15, 0.2) is 0 Å². The van der Waals surface area contributed by atoms with Gasteiger partial charge in [-0.3, -0.25) is 0 Å². The molecule has 1 aromatic rings. The van der Waals surface area contributed by atoms with Gasteiger partial charge in [0.2, 0.25) is 6.08 Å². The predicted octanol–water partition coefficient (Wildman–Crippen LogP) is 2.36. The number of benzene rings is 1. The van der Waals surface area contributed by atoms with Crippen LogP contribution in [0.2, 0.25) is 5.02 Å². The van der Waals surface area contributed by atoms with Crippen LogP contribution >= 0.6 is 11.6 Å². The summed E-state index contributed by atoms with van der Waals surface area (Å²) in [6.07, 6.45) is 1.75. The zero-order valence-corrected chi connectivity index (χ0v) is 7.51. The first-order chi connectivity index (χ1) is 6.24. The van der Waals surface area contributed by atoms with Crippen LogP contribution in [0, 0.1) is 5.82 Å². The molecule has 0 amide bonds. The molecule has 2 nitrogen and oxygen atoms in total. The van der Waals surface area contributed by atoms with Crippen molar-refractivity contribution in [2.24, 2.45) is 4.99 Å². The number of nitrogens with zero attached hydrogens (tertiary/aromatic N) is 1. The molecule has 13 heavy (non-hydrogen) atoms. The Hall–Kier alpha value is -1.18. The number of aliphatic imine (C=N–C) groups is 1. The summed E-state index contributed by atoms with van der Waals surface area (Å²) in [6.45, 7) is 0.237. The lowest BCUT2D eigenvalue weighted by molar-refractivity contribution is 0.562. The summed E-state index contributed by atoms with van der Waals surface area (Å²) in [6, 6.07) is 4.29. The van der Waals surface area contributed by atoms with Crippen LogP contribution in [0.1, 0.15) is 5.56 Å². The Bertz CT molecular complexity index is 347. The van der Waals surface area contributed by atoms with Crippen LogP contribution in [0.15, 0.2) is 23.2 Å². The number of hydrogen-bond donors (Lipinski definition) is 0. The molecule has 0 spiro atoms. The zero-order valence-electron chi connectivity index (χ0n) is 6.76. The van der Waals surface area contributed by atoms with Crippen molar-refractivity contribution in [3.8, 4) is 0 Å². The molecule has 0 bridgehead atoms. The van der Waals surface area contributed by atoms with Crippen LogP contribution in [0.4, 0.5) is 4.39 Å². The minimum absolute atomic E-state index is 0.237. The fraction of sp³-hybridized carbons (Fsp3) is 0.222. The minimum atomic E-state index is -0.328. The summed E-state index contributed by atoms with van der Waals surface area (Å²) in [4.78, 5) is 13.1. The molecule has 0 N–H and O–H groups in total. The molecule has 0 aliphatic carbocycles. The number of carbonyl (C=O) groups excluding carboxylic acids is 1. The lowest BCUT2D eigenvalue weighted by atomic mass is 10.1. The van der Waals surface area contributed by atoms with Gasteiger partial charge in [-0.05, 0) is 30.2 Å². The van der Waals surface area contributed by atoms with Gasteiger partial charge in [-0.2, -0.15) is 0 Å². The van der Waals surface area contributed by atoms with Gasteiger partial charge in [-0.15, -0.1) is 0 Å². The van der Waals surface area contributed by atoms with Crippen molar-refractivity contribution >= 4 is 17.7 Å². The van der Waals surface area contributed by atoms with Crippen LogP contribution < -0.4 is 0 Å². The molecule has 0 unspecified atom stereocenters. The van der Waals surface area contributed by atoms with E-state index >= 15 is 0 Å². The summed E-state index contributed by atoms with van der Waals surface area (Å²) in [5.41, 5.74) is 0.464. The predicted molar refractivity (Wildman–Crippen MR) is 48.1 cm³/mol. The standard InChI is InChI=1S/C9H7ClFNO/c10-8-1-2-9(11)7(5-8)3-4-12-6-13/h1-2,5H,3-4H2. The third kappa shape index (κ3) is 2.98. The molecule has 0 saturated carbocycles. The van der Waals surface area contributed by atoms with Gasteiger partial charge in [0, 0.05) is 5.02 Å². The molecule has 0 heterocycles. The van der Waals surface area contributed by atoms with Crippen molar-refractivity contribution in [1.29, 1.82) is 0 Å². The number of isocyanates is 1. The molecule has 0 saturated heterocycles. The van der Waals surface area contributed by atoms with Gasteiger partial charge in [-0.1, -0.05) is 11.6 Å². The first kappa shape index (κ1) is 9.90. The van der Waals surface area contributed by atoms with Gasteiger partial charge >= 0.3 is 0 Å². The first-order valence-electron chi connectivity index (χ1n) is 3.71. The topological polar surface area (TPSA) is 29.4 Å². The van der Waals surface area contributed by atoms with Gasteiger partial charge in [0.1, 0.15) is 5.82 Å². The van der Waals surface area contributed by atoms with E-state index in [-0.39, 0.29) is 12.4 Å². The Kier molecular flexibility index (Phi) is 3.62. The van der Waals surface area contributed by atoms with Gasteiger partial charge < -0.3 is 0 Å². The Balaban J connectivity index is 2.75. The Morgan fingerprint density at radius 1 is 1.54 bits per heavy atom. The monoisotopic (exact) mass is 199 g/mol. The highest BCUT2D eigenvalue weighted by molar-refractivity contribution is 6.30. The summed E-state index contributed by atoms with van der Waals surface area (Å²) >= 11 is 5.65. The molecule has 0 aliphatic rings. The smallest absolute Gasteiger partial charge is 0.211 e. The quantitative estimate of drug-likeness (QED) is 0.543. The Morgan fingerprint density at radius 3 is 3.00 bits per heavy atom. The highest BCUT2D eigenvalue weighted by atomic mass is 35.5. The first-order valence-corrected chi connectivity index (χ1v) is 4.09. The van der Waals surface area contributed by atoms with Crippen LogP contribution in [0.5, 0.6) is 0 Å². The zero-order chi connectivity index (χ0) is 9.68. The van der Waals surface area contributed by atoms with Crippen LogP contribution in [-0.4, -0.2) is 12.6 Å². The van der Waals surface area contributed by atoms with Gasteiger partial charge in [0.05, 0.1) is 6.54 Å². The Labute approximate surface area is 80.1 Å². The number of hydrogen-bond acceptors (Lipinski definition) is 2. The normalized spacial score (nSPS) is 9.38.